The molecule has 1 unspecified atom stereocenters. The van der Waals surface area contributed by atoms with Gasteiger partial charge in [-0.15, -0.1) is 5.10 Å². The number of nitrogens with one attached hydrogen (secondary N) is 1. The standard InChI is InChI=1S/C18H21N5OS/c1-3-13-16(25-22-21-13)18(24)23-9-5-7-12(10-23)17-19-14-8-4-6-11(2)15(14)20-17/h4,6,8,12H,3,5,7,9-10H2,1-2H3,(H,19,20). The lowest BCUT2D eigenvalue weighted by molar-refractivity contribution is 0.0708. The van der Waals surface area contributed by atoms with Crippen molar-refractivity contribution in [3.63, 3.8) is 0 Å². The van der Waals surface area contributed by atoms with Gasteiger partial charge in [0.1, 0.15) is 10.7 Å². The third-order valence-electron chi connectivity index (χ3n) is 4.91. The maximum atomic E-state index is 12.9. The fourth-order valence-electron chi connectivity index (χ4n) is 3.52. The van der Waals surface area contributed by atoms with Crippen molar-refractivity contribution < 1.29 is 4.79 Å². The Morgan fingerprint density at radius 3 is 3.12 bits per heavy atom. The van der Waals surface area contributed by atoms with Crippen molar-refractivity contribution in [1.82, 2.24) is 24.5 Å². The van der Waals surface area contributed by atoms with E-state index in [-0.39, 0.29) is 11.8 Å². The second-order valence-corrected chi connectivity index (χ2v) is 7.34. The van der Waals surface area contributed by atoms with E-state index >= 15 is 0 Å². The molecule has 3 aromatic rings. The van der Waals surface area contributed by atoms with Crippen molar-refractivity contribution in [3.8, 4) is 0 Å². The first-order valence-corrected chi connectivity index (χ1v) is 9.50. The molecule has 1 aromatic carbocycles. The molecule has 2 aromatic heterocycles. The van der Waals surface area contributed by atoms with Crippen LogP contribution in [0, 0.1) is 6.92 Å². The van der Waals surface area contributed by atoms with Crippen molar-refractivity contribution in [2.24, 2.45) is 0 Å². The number of fused-ring (bicyclic) bond motifs is 1. The number of H-pyrrole nitrogens is 1. The Bertz CT molecular complexity index is 915. The minimum Gasteiger partial charge on any atom is -0.342 e. The van der Waals surface area contributed by atoms with Crippen LogP contribution in [0.25, 0.3) is 11.0 Å². The Balaban J connectivity index is 1.58. The molecule has 7 heteroatoms. The number of carbonyl (C=O) groups is 1. The number of hydrogen-bond acceptors (Lipinski definition) is 5. The number of likely N-dealkylation sites (tertiary alicyclic amines) is 1. The number of aromatic nitrogens is 4. The number of aromatic amines is 1. The number of aryl methyl sites for hydroxylation is 2. The number of rotatable bonds is 3. The average molecular weight is 355 g/mol. The van der Waals surface area contributed by atoms with E-state index in [0.717, 1.165) is 48.4 Å². The predicted molar refractivity (Wildman–Crippen MR) is 98.0 cm³/mol. The molecule has 0 saturated carbocycles. The molecule has 1 amide bonds. The van der Waals surface area contributed by atoms with E-state index in [1.54, 1.807) is 0 Å². The molecule has 3 heterocycles. The van der Waals surface area contributed by atoms with Crippen LogP contribution in [0.4, 0.5) is 0 Å². The molecule has 1 aliphatic rings. The van der Waals surface area contributed by atoms with Crippen LogP contribution in [0.1, 0.15) is 52.4 Å². The van der Waals surface area contributed by atoms with Gasteiger partial charge in [0.15, 0.2) is 0 Å². The molecule has 1 N–H and O–H groups in total. The zero-order valence-corrected chi connectivity index (χ0v) is 15.3. The summed E-state index contributed by atoms with van der Waals surface area (Å²) in [4.78, 5) is 23.7. The van der Waals surface area contributed by atoms with E-state index in [1.165, 1.54) is 17.1 Å². The molecule has 0 spiro atoms. The van der Waals surface area contributed by atoms with Crippen molar-refractivity contribution in [2.45, 2.75) is 39.0 Å². The summed E-state index contributed by atoms with van der Waals surface area (Å²) < 4.78 is 3.95. The highest BCUT2D eigenvalue weighted by molar-refractivity contribution is 7.08. The lowest BCUT2D eigenvalue weighted by atomic mass is 9.97. The number of hydrogen-bond donors (Lipinski definition) is 1. The number of imidazole rings is 1. The smallest absolute Gasteiger partial charge is 0.267 e. The monoisotopic (exact) mass is 355 g/mol. The number of benzene rings is 1. The molecule has 0 bridgehead atoms. The van der Waals surface area contributed by atoms with E-state index in [4.69, 9.17) is 4.98 Å². The molecule has 4 rings (SSSR count). The summed E-state index contributed by atoms with van der Waals surface area (Å²) in [5, 5.41) is 4.07. The van der Waals surface area contributed by atoms with Crippen LogP contribution < -0.4 is 0 Å². The Labute approximate surface area is 150 Å². The van der Waals surface area contributed by atoms with E-state index in [2.05, 4.69) is 33.6 Å². The highest BCUT2D eigenvalue weighted by Gasteiger charge is 2.29. The maximum Gasteiger partial charge on any atom is 0.267 e. The summed E-state index contributed by atoms with van der Waals surface area (Å²) in [6.07, 6.45) is 2.77. The molecule has 0 radical (unpaired) electrons. The summed E-state index contributed by atoms with van der Waals surface area (Å²) in [7, 11) is 0. The maximum absolute atomic E-state index is 12.9. The number of para-hydroxylation sites is 1. The van der Waals surface area contributed by atoms with E-state index in [9.17, 15) is 4.79 Å². The summed E-state index contributed by atoms with van der Waals surface area (Å²) in [5.74, 6) is 1.29. The van der Waals surface area contributed by atoms with Gasteiger partial charge in [0.2, 0.25) is 0 Å². The van der Waals surface area contributed by atoms with Crippen LogP contribution in [0.15, 0.2) is 18.2 Å². The topological polar surface area (TPSA) is 74.8 Å². The average Bonchev–Trinajstić information content (AvgIpc) is 3.28. The first-order chi connectivity index (χ1) is 12.2. The predicted octanol–water partition coefficient (Wildman–Crippen LogP) is 3.31. The summed E-state index contributed by atoms with van der Waals surface area (Å²) in [6.45, 7) is 5.56. The van der Waals surface area contributed by atoms with E-state index < -0.39 is 0 Å². The Morgan fingerprint density at radius 1 is 1.44 bits per heavy atom. The van der Waals surface area contributed by atoms with Gasteiger partial charge < -0.3 is 9.88 Å². The first-order valence-electron chi connectivity index (χ1n) is 8.73. The highest BCUT2D eigenvalue weighted by Crippen LogP contribution is 2.29. The Morgan fingerprint density at radius 2 is 2.32 bits per heavy atom. The van der Waals surface area contributed by atoms with Crippen molar-refractivity contribution in [3.05, 3.63) is 40.2 Å². The second-order valence-electron chi connectivity index (χ2n) is 6.59. The van der Waals surface area contributed by atoms with Crippen LogP contribution >= 0.6 is 11.5 Å². The highest BCUT2D eigenvalue weighted by atomic mass is 32.1. The van der Waals surface area contributed by atoms with Crippen LogP contribution in [-0.4, -0.2) is 43.5 Å². The van der Waals surface area contributed by atoms with Crippen LogP contribution in [0.3, 0.4) is 0 Å². The van der Waals surface area contributed by atoms with E-state index in [1.807, 2.05) is 17.9 Å². The van der Waals surface area contributed by atoms with Crippen LogP contribution in [0.5, 0.6) is 0 Å². The van der Waals surface area contributed by atoms with Crippen LogP contribution in [0.2, 0.25) is 0 Å². The summed E-state index contributed by atoms with van der Waals surface area (Å²) >= 11 is 1.20. The SMILES string of the molecule is CCc1nnsc1C(=O)N1CCCC(c2nc3c(C)cccc3[nH]2)C1. The van der Waals surface area contributed by atoms with Crippen molar-refractivity contribution in [2.75, 3.05) is 13.1 Å². The second kappa shape index (κ2) is 6.55. The van der Waals surface area contributed by atoms with Gasteiger partial charge in [-0.3, -0.25) is 4.79 Å². The third kappa shape index (κ3) is 2.93. The molecule has 1 saturated heterocycles. The Hall–Kier alpha value is -2.28. The van der Waals surface area contributed by atoms with Gasteiger partial charge in [-0.05, 0) is 49.3 Å². The van der Waals surface area contributed by atoms with E-state index in [0.29, 0.717) is 11.4 Å². The van der Waals surface area contributed by atoms with Gasteiger partial charge in [-0.1, -0.05) is 23.5 Å². The quantitative estimate of drug-likeness (QED) is 0.782. The van der Waals surface area contributed by atoms with Gasteiger partial charge in [0.05, 0.1) is 16.7 Å². The Kier molecular flexibility index (Phi) is 4.25. The normalized spacial score (nSPS) is 18.0. The van der Waals surface area contributed by atoms with Gasteiger partial charge in [-0.2, -0.15) is 0 Å². The zero-order chi connectivity index (χ0) is 17.4. The summed E-state index contributed by atoms with van der Waals surface area (Å²) in [5.41, 5.74) is 4.07. The number of amides is 1. The fourth-order valence-corrected chi connectivity index (χ4v) is 4.24. The first kappa shape index (κ1) is 16.2. The number of nitrogens with zero attached hydrogens (tertiary/aromatic N) is 4. The fraction of sp³-hybridized carbons (Fsp3) is 0.444. The van der Waals surface area contributed by atoms with Crippen molar-refractivity contribution >= 4 is 28.5 Å². The minimum atomic E-state index is 0.0591. The van der Waals surface area contributed by atoms with Gasteiger partial charge in [0.25, 0.3) is 5.91 Å². The largest absolute Gasteiger partial charge is 0.342 e. The van der Waals surface area contributed by atoms with Gasteiger partial charge in [-0.25, -0.2) is 4.98 Å². The van der Waals surface area contributed by atoms with Gasteiger partial charge >= 0.3 is 0 Å². The van der Waals surface area contributed by atoms with Crippen molar-refractivity contribution in [1.29, 1.82) is 0 Å². The number of carbonyl (C=O) groups excluding carboxylic acids is 1. The molecule has 1 atom stereocenters. The molecule has 1 aliphatic heterocycles. The minimum absolute atomic E-state index is 0.0591. The third-order valence-corrected chi connectivity index (χ3v) is 5.67. The molecular formula is C18H21N5OS. The molecule has 130 valence electrons. The summed E-state index contributed by atoms with van der Waals surface area (Å²) in [6, 6.07) is 6.17. The molecule has 25 heavy (non-hydrogen) atoms. The van der Waals surface area contributed by atoms with Crippen LogP contribution in [-0.2, 0) is 6.42 Å². The lowest BCUT2D eigenvalue weighted by Gasteiger charge is -2.31. The zero-order valence-electron chi connectivity index (χ0n) is 14.5. The molecule has 1 fully saturated rings. The van der Waals surface area contributed by atoms with Gasteiger partial charge in [0, 0.05) is 19.0 Å². The number of piperidine rings is 1. The molecular weight excluding hydrogens is 334 g/mol. The molecule has 0 aliphatic carbocycles. The molecule has 6 nitrogen and oxygen atoms in total. The lowest BCUT2D eigenvalue weighted by Crippen LogP contribution is -2.39.